The molecule has 0 radical (unpaired) electrons. The van der Waals surface area contributed by atoms with E-state index >= 15 is 0 Å². The number of anilines is 2. The summed E-state index contributed by atoms with van der Waals surface area (Å²) in [5.41, 5.74) is 1.13. The Balaban J connectivity index is 1.81. The van der Waals surface area contributed by atoms with Gasteiger partial charge >= 0.3 is 5.97 Å². The molecule has 1 fully saturated rings. The van der Waals surface area contributed by atoms with Crippen LogP contribution in [0.5, 0.6) is 5.75 Å². The highest BCUT2D eigenvalue weighted by atomic mass is 16.5. The van der Waals surface area contributed by atoms with Crippen LogP contribution in [0.25, 0.3) is 0 Å². The van der Waals surface area contributed by atoms with E-state index in [4.69, 9.17) is 4.74 Å². The summed E-state index contributed by atoms with van der Waals surface area (Å²) in [5, 5.41) is 12.1. The van der Waals surface area contributed by atoms with Gasteiger partial charge in [0.15, 0.2) is 0 Å². The molecule has 1 aliphatic heterocycles. The third-order valence-electron chi connectivity index (χ3n) is 4.90. The molecular formula is C19H22N2O5. The highest BCUT2D eigenvalue weighted by Gasteiger charge is 2.34. The number of carbonyl (C=O) groups is 3. The number of amides is 2. The van der Waals surface area contributed by atoms with Crippen molar-refractivity contribution in [3.8, 4) is 5.75 Å². The van der Waals surface area contributed by atoms with E-state index in [-0.39, 0.29) is 11.8 Å². The van der Waals surface area contributed by atoms with Crippen LogP contribution in [0.3, 0.4) is 0 Å². The van der Waals surface area contributed by atoms with Gasteiger partial charge in [0.1, 0.15) is 5.75 Å². The summed E-state index contributed by atoms with van der Waals surface area (Å²) in [4.78, 5) is 37.7. The number of hydrogen-bond donors (Lipinski definition) is 2. The molecule has 1 aliphatic carbocycles. The molecule has 1 aromatic carbocycles. The Labute approximate surface area is 151 Å². The van der Waals surface area contributed by atoms with E-state index in [1.165, 1.54) is 7.11 Å². The molecule has 7 nitrogen and oxygen atoms in total. The van der Waals surface area contributed by atoms with Gasteiger partial charge in [0.05, 0.1) is 24.6 Å². The molecule has 138 valence electrons. The van der Waals surface area contributed by atoms with E-state index < -0.39 is 17.8 Å². The van der Waals surface area contributed by atoms with Crippen molar-refractivity contribution in [2.45, 2.75) is 25.7 Å². The van der Waals surface area contributed by atoms with E-state index in [2.05, 4.69) is 5.32 Å². The largest absolute Gasteiger partial charge is 0.495 e. The Bertz CT molecular complexity index is 758. The number of nitrogens with one attached hydrogen (secondary N) is 1. The van der Waals surface area contributed by atoms with E-state index in [0.717, 1.165) is 6.42 Å². The number of allylic oxidation sites excluding steroid dienone is 2. The summed E-state index contributed by atoms with van der Waals surface area (Å²) in [6.07, 6.45) is 5.67. The van der Waals surface area contributed by atoms with Gasteiger partial charge in [-0.05, 0) is 37.5 Å². The van der Waals surface area contributed by atoms with E-state index in [1.54, 1.807) is 29.2 Å². The van der Waals surface area contributed by atoms with Crippen LogP contribution in [0.15, 0.2) is 30.4 Å². The summed E-state index contributed by atoms with van der Waals surface area (Å²) in [6, 6.07) is 5.09. The Morgan fingerprint density at radius 3 is 2.58 bits per heavy atom. The van der Waals surface area contributed by atoms with Crippen LogP contribution in [-0.2, 0) is 14.4 Å². The van der Waals surface area contributed by atoms with Crippen molar-refractivity contribution in [3.05, 3.63) is 30.4 Å². The van der Waals surface area contributed by atoms with Crippen LogP contribution in [-0.4, -0.2) is 36.5 Å². The van der Waals surface area contributed by atoms with Crippen molar-refractivity contribution < 1.29 is 24.2 Å². The molecule has 0 saturated carbocycles. The molecule has 2 atom stereocenters. The average molecular weight is 358 g/mol. The minimum atomic E-state index is -0.965. The molecule has 2 aliphatic rings. The summed E-state index contributed by atoms with van der Waals surface area (Å²) >= 11 is 0. The summed E-state index contributed by atoms with van der Waals surface area (Å²) in [5.74, 6) is -2.05. The Morgan fingerprint density at radius 1 is 1.23 bits per heavy atom. The molecule has 26 heavy (non-hydrogen) atoms. The fourth-order valence-electron chi connectivity index (χ4n) is 3.49. The second-order valence-corrected chi connectivity index (χ2v) is 6.52. The third kappa shape index (κ3) is 3.56. The molecule has 2 amide bonds. The first-order valence-electron chi connectivity index (χ1n) is 8.68. The lowest BCUT2D eigenvalue weighted by Gasteiger charge is -2.25. The molecule has 0 unspecified atom stereocenters. The average Bonchev–Trinajstić information content (AvgIpc) is 3.07. The number of nitrogens with zero attached hydrogens (tertiary/aromatic N) is 1. The second-order valence-electron chi connectivity index (χ2n) is 6.52. The first-order valence-corrected chi connectivity index (χ1v) is 8.68. The van der Waals surface area contributed by atoms with Gasteiger partial charge in [-0.25, -0.2) is 0 Å². The van der Waals surface area contributed by atoms with Gasteiger partial charge in [-0.15, -0.1) is 0 Å². The molecule has 0 spiro atoms. The van der Waals surface area contributed by atoms with E-state index in [1.807, 2.05) is 6.08 Å². The predicted molar refractivity (Wildman–Crippen MR) is 96.2 cm³/mol. The van der Waals surface area contributed by atoms with Crippen molar-refractivity contribution in [1.82, 2.24) is 0 Å². The highest BCUT2D eigenvalue weighted by Crippen LogP contribution is 2.35. The molecular weight excluding hydrogens is 336 g/mol. The number of carboxylic acid groups (broad SMARTS) is 1. The number of ether oxygens (including phenoxy) is 1. The molecule has 2 N–H and O–H groups in total. The molecule has 7 heteroatoms. The predicted octanol–water partition coefficient (Wildman–Crippen LogP) is 2.43. The number of methoxy groups -OCH3 is 1. The van der Waals surface area contributed by atoms with Crippen molar-refractivity contribution in [3.63, 3.8) is 0 Å². The number of carboxylic acids is 1. The van der Waals surface area contributed by atoms with Crippen LogP contribution in [0.2, 0.25) is 0 Å². The van der Waals surface area contributed by atoms with E-state index in [0.29, 0.717) is 42.9 Å². The van der Waals surface area contributed by atoms with Crippen LogP contribution in [0.1, 0.15) is 25.7 Å². The lowest BCUT2D eigenvalue weighted by molar-refractivity contribution is -0.146. The van der Waals surface area contributed by atoms with Gasteiger partial charge in [-0.1, -0.05) is 12.2 Å². The summed E-state index contributed by atoms with van der Waals surface area (Å²) in [6.45, 7) is 0.612. The van der Waals surface area contributed by atoms with Gasteiger partial charge in [0, 0.05) is 18.7 Å². The number of benzene rings is 1. The maximum Gasteiger partial charge on any atom is 0.307 e. The molecule has 1 saturated heterocycles. The fraction of sp³-hybridized carbons (Fsp3) is 0.421. The number of carbonyl (C=O) groups excluding carboxylic acids is 2. The van der Waals surface area contributed by atoms with Gasteiger partial charge in [0.2, 0.25) is 11.8 Å². The monoisotopic (exact) mass is 358 g/mol. The maximum absolute atomic E-state index is 12.6. The Hall–Kier alpha value is -2.83. The third-order valence-corrected chi connectivity index (χ3v) is 4.90. The van der Waals surface area contributed by atoms with Gasteiger partial charge in [-0.2, -0.15) is 0 Å². The van der Waals surface area contributed by atoms with Gasteiger partial charge < -0.3 is 20.1 Å². The quantitative estimate of drug-likeness (QED) is 0.788. The Morgan fingerprint density at radius 2 is 1.96 bits per heavy atom. The lowest BCUT2D eigenvalue weighted by atomic mass is 9.82. The first-order chi connectivity index (χ1) is 12.5. The van der Waals surface area contributed by atoms with Crippen LogP contribution in [0, 0.1) is 11.8 Å². The number of hydrogen-bond acceptors (Lipinski definition) is 4. The smallest absolute Gasteiger partial charge is 0.307 e. The topological polar surface area (TPSA) is 95.9 Å². The summed E-state index contributed by atoms with van der Waals surface area (Å²) in [7, 11) is 1.53. The standard InChI is InChI=1S/C19H22N2O5/c1-26-16-9-8-12(11-15(16)21-10-4-7-17(21)22)20-18(23)13-5-2-3-6-14(13)19(24)25/h2-3,8-9,11,13-14H,4-7,10H2,1H3,(H,20,23)(H,24,25)/t13-,14-/m1/s1. The molecule has 0 bridgehead atoms. The normalized spacial score (nSPS) is 22.3. The van der Waals surface area contributed by atoms with Crippen LogP contribution in [0.4, 0.5) is 11.4 Å². The van der Waals surface area contributed by atoms with Crippen molar-refractivity contribution >= 4 is 29.2 Å². The van der Waals surface area contributed by atoms with Gasteiger partial charge in [-0.3, -0.25) is 14.4 Å². The minimum absolute atomic E-state index is 0.0233. The summed E-state index contributed by atoms with van der Waals surface area (Å²) < 4.78 is 5.34. The molecule has 1 heterocycles. The highest BCUT2D eigenvalue weighted by molar-refractivity contribution is 5.99. The molecule has 1 aromatic rings. The molecule has 0 aromatic heterocycles. The number of aliphatic carboxylic acids is 1. The molecule has 3 rings (SSSR count). The van der Waals surface area contributed by atoms with Gasteiger partial charge in [0.25, 0.3) is 0 Å². The minimum Gasteiger partial charge on any atom is -0.495 e. The zero-order chi connectivity index (χ0) is 18.7. The van der Waals surface area contributed by atoms with Crippen LogP contribution >= 0.6 is 0 Å². The zero-order valence-electron chi connectivity index (χ0n) is 14.6. The number of rotatable bonds is 5. The van der Waals surface area contributed by atoms with Crippen molar-refractivity contribution in [2.75, 3.05) is 23.9 Å². The Kier molecular flexibility index (Phi) is 5.25. The van der Waals surface area contributed by atoms with Crippen molar-refractivity contribution in [2.24, 2.45) is 11.8 Å². The fourth-order valence-corrected chi connectivity index (χ4v) is 3.49. The zero-order valence-corrected chi connectivity index (χ0v) is 14.6. The first kappa shape index (κ1) is 18.0. The van der Waals surface area contributed by atoms with E-state index in [9.17, 15) is 19.5 Å². The lowest BCUT2D eigenvalue weighted by Crippen LogP contribution is -2.34. The van der Waals surface area contributed by atoms with Crippen molar-refractivity contribution in [1.29, 1.82) is 0 Å². The maximum atomic E-state index is 12.6. The SMILES string of the molecule is COc1ccc(NC(=O)[C@@H]2CC=CC[C@H]2C(=O)O)cc1N1CCCC1=O. The second kappa shape index (κ2) is 7.59. The van der Waals surface area contributed by atoms with Crippen LogP contribution < -0.4 is 15.0 Å².